The number of hydrogen-bond donors (Lipinski definition) is 4. The summed E-state index contributed by atoms with van der Waals surface area (Å²) in [4.78, 5) is 4.48. The fourth-order valence-corrected chi connectivity index (χ4v) is 6.23. The Labute approximate surface area is 260 Å². The maximum atomic E-state index is 13.9. The van der Waals surface area contributed by atoms with Crippen molar-refractivity contribution >= 4 is 43.7 Å². The van der Waals surface area contributed by atoms with Gasteiger partial charge in [0, 0.05) is 35.8 Å². The highest BCUT2D eigenvalue weighted by Gasteiger charge is 2.32. The quantitative estimate of drug-likeness (QED) is 0.159. The van der Waals surface area contributed by atoms with Crippen LogP contribution in [0.25, 0.3) is 10.9 Å². The maximum absolute atomic E-state index is 13.9. The molecule has 44 heavy (non-hydrogen) atoms. The number of fused-ring (bicyclic) bond motifs is 1. The lowest BCUT2D eigenvalue weighted by atomic mass is 10.0. The Balaban J connectivity index is 1.41. The molecule has 4 N–H and O–H groups in total. The van der Waals surface area contributed by atoms with E-state index in [4.69, 9.17) is 11.6 Å². The summed E-state index contributed by atoms with van der Waals surface area (Å²) in [6.45, 7) is 0. The number of nitriles is 1. The largest absolute Gasteiger partial charge is 0.377 e. The molecule has 1 aliphatic carbocycles. The molecule has 1 aliphatic heterocycles. The molecule has 2 heterocycles. The third-order valence-electron chi connectivity index (χ3n) is 7.72. The number of nitrogens with zero attached hydrogens (tertiary/aromatic N) is 3. The standard InChI is InChI=1S/C32H31ClFN7O2S/c1-44(42,43)14-13-28(20-5-3-2-4-6-20)38-30-22(17-35)18-36-32-26(30)15-24(16-27(32)33)37-31(21-7-9-23(34)10-8-21)29-19-41(40-39-29)25-11-12-25/h2-10,15-16,18-19,25,28,31,37,39-40H,11-14H2,1H3,(H,36,38)/t28-,31-/m1/s1. The van der Waals surface area contributed by atoms with Crippen LogP contribution in [0.15, 0.2) is 84.8 Å². The zero-order valence-corrected chi connectivity index (χ0v) is 25.5. The van der Waals surface area contributed by atoms with Gasteiger partial charge in [0.25, 0.3) is 0 Å². The van der Waals surface area contributed by atoms with Crippen molar-refractivity contribution in [1.29, 1.82) is 5.26 Å². The molecule has 0 unspecified atom stereocenters. The average molecular weight is 632 g/mol. The second kappa shape index (κ2) is 12.3. The Morgan fingerprint density at radius 3 is 2.55 bits per heavy atom. The molecule has 226 valence electrons. The second-order valence-corrected chi connectivity index (χ2v) is 13.8. The highest BCUT2D eigenvalue weighted by atomic mass is 35.5. The van der Waals surface area contributed by atoms with Gasteiger partial charge in [-0.1, -0.05) is 54.1 Å². The highest BCUT2D eigenvalue weighted by molar-refractivity contribution is 7.90. The lowest BCUT2D eigenvalue weighted by Crippen LogP contribution is -2.38. The molecule has 0 spiro atoms. The molecule has 9 nitrogen and oxygen atoms in total. The predicted octanol–water partition coefficient (Wildman–Crippen LogP) is 5.97. The van der Waals surface area contributed by atoms with E-state index >= 15 is 0 Å². The summed E-state index contributed by atoms with van der Waals surface area (Å²) < 4.78 is 38.1. The summed E-state index contributed by atoms with van der Waals surface area (Å²) in [6, 6.07) is 21.3. The monoisotopic (exact) mass is 631 g/mol. The topological polar surface area (TPSA) is 122 Å². The van der Waals surface area contributed by atoms with Gasteiger partial charge in [-0.25, -0.2) is 12.8 Å². The summed E-state index contributed by atoms with van der Waals surface area (Å²) in [5.41, 5.74) is 10.9. The van der Waals surface area contributed by atoms with Crippen molar-refractivity contribution in [2.45, 2.75) is 37.4 Å². The van der Waals surface area contributed by atoms with Gasteiger partial charge in [0.2, 0.25) is 0 Å². The highest BCUT2D eigenvalue weighted by Crippen LogP contribution is 2.38. The molecule has 1 fully saturated rings. The van der Waals surface area contributed by atoms with Gasteiger partial charge >= 0.3 is 0 Å². The van der Waals surface area contributed by atoms with Crippen molar-refractivity contribution in [1.82, 2.24) is 21.0 Å². The summed E-state index contributed by atoms with van der Waals surface area (Å²) in [5.74, 6) is -0.368. The molecule has 2 aliphatic rings. The van der Waals surface area contributed by atoms with Crippen LogP contribution in [0.5, 0.6) is 0 Å². The van der Waals surface area contributed by atoms with E-state index in [1.807, 2.05) is 47.6 Å². The molecule has 1 saturated carbocycles. The molecular formula is C32H31ClFN7O2S. The Morgan fingerprint density at radius 1 is 1.11 bits per heavy atom. The van der Waals surface area contributed by atoms with Crippen LogP contribution in [0.3, 0.4) is 0 Å². The van der Waals surface area contributed by atoms with Gasteiger partial charge in [-0.2, -0.15) is 5.26 Å². The smallest absolute Gasteiger partial charge is 0.147 e. The summed E-state index contributed by atoms with van der Waals surface area (Å²) in [6.07, 6.45) is 7.18. The zero-order valence-electron chi connectivity index (χ0n) is 23.9. The molecule has 2 atom stereocenters. The first kappa shape index (κ1) is 29.7. The van der Waals surface area contributed by atoms with E-state index in [1.54, 1.807) is 18.2 Å². The number of hydrazine groups is 2. The van der Waals surface area contributed by atoms with Gasteiger partial charge in [0.1, 0.15) is 21.7 Å². The Morgan fingerprint density at radius 2 is 1.86 bits per heavy atom. The first-order valence-corrected chi connectivity index (χ1v) is 16.7. The second-order valence-electron chi connectivity index (χ2n) is 11.1. The van der Waals surface area contributed by atoms with Crippen LogP contribution in [0, 0.1) is 17.1 Å². The lowest BCUT2D eigenvalue weighted by molar-refractivity contribution is 0.260. The van der Waals surface area contributed by atoms with Gasteiger partial charge in [0.15, 0.2) is 0 Å². The van der Waals surface area contributed by atoms with Crippen molar-refractivity contribution < 1.29 is 12.8 Å². The Kier molecular flexibility index (Phi) is 8.31. The Bertz CT molecular complexity index is 1860. The van der Waals surface area contributed by atoms with E-state index in [0.717, 1.165) is 29.7 Å². The normalized spacial score (nSPS) is 16.1. The number of anilines is 2. The minimum Gasteiger partial charge on any atom is -0.377 e. The number of sulfone groups is 1. The number of nitrogens with one attached hydrogen (secondary N) is 4. The van der Waals surface area contributed by atoms with Crippen molar-refractivity contribution in [3.8, 4) is 6.07 Å². The Hall–Kier alpha value is -4.37. The average Bonchev–Trinajstić information content (AvgIpc) is 3.75. The SMILES string of the molecule is CS(=O)(=O)CC[C@@H](Nc1c(C#N)cnc2c(Cl)cc(N[C@@H](C3=CN(C4CC4)NN3)c3ccc(F)cc3)cc12)c1ccccc1. The third-order valence-corrected chi connectivity index (χ3v) is 8.98. The molecule has 6 rings (SSSR count). The summed E-state index contributed by atoms with van der Waals surface area (Å²) in [5, 5.41) is 20.1. The van der Waals surface area contributed by atoms with E-state index < -0.39 is 21.9 Å². The van der Waals surface area contributed by atoms with Crippen molar-refractivity contribution in [2.24, 2.45) is 0 Å². The number of hydrogen-bond acceptors (Lipinski definition) is 9. The molecule has 0 saturated heterocycles. The fraction of sp³-hybridized carbons (Fsp3) is 0.250. The van der Waals surface area contributed by atoms with E-state index in [1.165, 1.54) is 24.6 Å². The van der Waals surface area contributed by atoms with Crippen LogP contribution >= 0.6 is 11.6 Å². The van der Waals surface area contributed by atoms with Gasteiger partial charge in [0.05, 0.1) is 45.3 Å². The van der Waals surface area contributed by atoms with Crippen LogP contribution in [0.1, 0.15) is 48.0 Å². The van der Waals surface area contributed by atoms with Crippen LogP contribution < -0.4 is 21.6 Å². The lowest BCUT2D eigenvalue weighted by Gasteiger charge is -2.24. The number of halogens is 2. The minimum absolute atomic E-state index is 0.0363. The first-order valence-electron chi connectivity index (χ1n) is 14.2. The third kappa shape index (κ3) is 6.73. The molecule has 0 amide bonds. The molecule has 0 bridgehead atoms. The summed E-state index contributed by atoms with van der Waals surface area (Å²) >= 11 is 6.79. The maximum Gasteiger partial charge on any atom is 0.147 e. The van der Waals surface area contributed by atoms with Gasteiger partial charge in [-0.3, -0.25) is 9.99 Å². The van der Waals surface area contributed by atoms with Crippen LogP contribution in [0.2, 0.25) is 5.02 Å². The fourth-order valence-electron chi connectivity index (χ4n) is 5.30. The predicted molar refractivity (Wildman–Crippen MR) is 171 cm³/mol. The van der Waals surface area contributed by atoms with Crippen LogP contribution in [0.4, 0.5) is 15.8 Å². The van der Waals surface area contributed by atoms with E-state index in [-0.39, 0.29) is 11.6 Å². The van der Waals surface area contributed by atoms with Gasteiger partial charge in [-0.05, 0) is 54.7 Å². The molecule has 3 aromatic carbocycles. The molecule has 0 radical (unpaired) electrons. The van der Waals surface area contributed by atoms with Crippen molar-refractivity contribution in [3.63, 3.8) is 0 Å². The first-order chi connectivity index (χ1) is 21.2. The van der Waals surface area contributed by atoms with Gasteiger partial charge < -0.3 is 16.1 Å². The van der Waals surface area contributed by atoms with Crippen LogP contribution in [-0.4, -0.2) is 36.5 Å². The van der Waals surface area contributed by atoms with E-state index in [0.29, 0.717) is 45.3 Å². The van der Waals surface area contributed by atoms with Crippen molar-refractivity contribution in [2.75, 3.05) is 22.6 Å². The molecule has 12 heteroatoms. The minimum atomic E-state index is -3.24. The summed E-state index contributed by atoms with van der Waals surface area (Å²) in [7, 11) is -3.24. The zero-order chi connectivity index (χ0) is 30.8. The number of benzene rings is 3. The van der Waals surface area contributed by atoms with Gasteiger partial charge in [-0.15, -0.1) is 5.53 Å². The number of rotatable bonds is 11. The number of aromatic nitrogens is 1. The van der Waals surface area contributed by atoms with Crippen LogP contribution in [-0.2, 0) is 9.84 Å². The molecule has 1 aromatic heterocycles. The van der Waals surface area contributed by atoms with Crippen molar-refractivity contribution in [3.05, 3.63) is 112 Å². The molecular weight excluding hydrogens is 601 g/mol. The molecule has 4 aromatic rings. The van der Waals surface area contributed by atoms with E-state index in [2.05, 4.69) is 32.6 Å². The van der Waals surface area contributed by atoms with E-state index in [9.17, 15) is 18.1 Å². The number of pyridine rings is 1.